The monoisotopic (exact) mass is 490 g/mol. The van der Waals surface area contributed by atoms with Gasteiger partial charge < -0.3 is 18.9 Å². The maximum Gasteiger partial charge on any atom is 0.338 e. The molecule has 0 saturated carbocycles. The van der Waals surface area contributed by atoms with Crippen LogP contribution in [-0.4, -0.2) is 50.6 Å². The van der Waals surface area contributed by atoms with Crippen LogP contribution in [-0.2, 0) is 18.9 Å². The molecule has 6 nitrogen and oxygen atoms in total. The molecule has 0 amide bonds. The second-order valence-electron chi connectivity index (χ2n) is 8.46. The summed E-state index contributed by atoms with van der Waals surface area (Å²) < 4.78 is 21.4. The lowest BCUT2D eigenvalue weighted by atomic mass is 9.99. The van der Waals surface area contributed by atoms with Gasteiger partial charge in [0.05, 0.1) is 23.3 Å². The molecule has 0 saturated heterocycles. The Bertz CT molecular complexity index is 1010. The predicted molar refractivity (Wildman–Crippen MR) is 140 cm³/mol. The fraction of sp³-hybridized carbons (Fsp3) is 0.333. The molecule has 0 aliphatic carbocycles. The second-order valence-corrected chi connectivity index (χ2v) is 8.46. The number of hydrogen-bond acceptors (Lipinski definition) is 6. The molecule has 3 rings (SSSR count). The van der Waals surface area contributed by atoms with Crippen molar-refractivity contribution in [3.05, 3.63) is 83.9 Å². The van der Waals surface area contributed by atoms with Crippen molar-refractivity contribution in [1.82, 2.24) is 0 Å². The maximum atomic E-state index is 12.2. The number of ether oxygens (including phenoxy) is 4. The third-order valence-corrected chi connectivity index (χ3v) is 5.59. The lowest BCUT2D eigenvalue weighted by Crippen LogP contribution is -2.19. The number of carbonyl (C=O) groups is 2. The van der Waals surface area contributed by atoms with Crippen LogP contribution in [0.4, 0.5) is 0 Å². The molecule has 0 bridgehead atoms. The average Bonchev–Trinajstić information content (AvgIpc) is 2.91. The molecule has 3 aromatic carbocycles. The van der Waals surface area contributed by atoms with E-state index in [2.05, 4.69) is 0 Å². The summed E-state index contributed by atoms with van der Waals surface area (Å²) in [5.74, 6) is -0.723. The van der Waals surface area contributed by atoms with E-state index in [1.165, 1.54) is 0 Å². The van der Waals surface area contributed by atoms with E-state index in [1.807, 2.05) is 76.2 Å². The fourth-order valence-corrected chi connectivity index (χ4v) is 3.67. The Balaban J connectivity index is 1.59. The van der Waals surface area contributed by atoms with Gasteiger partial charge in [0.25, 0.3) is 0 Å². The van der Waals surface area contributed by atoms with Crippen LogP contribution in [0, 0.1) is 0 Å². The van der Waals surface area contributed by atoms with Gasteiger partial charge in [0.1, 0.15) is 13.2 Å². The van der Waals surface area contributed by atoms with Gasteiger partial charge in [-0.1, -0.05) is 48.5 Å². The van der Waals surface area contributed by atoms with Gasteiger partial charge in [0.2, 0.25) is 0 Å². The molecule has 0 spiro atoms. The minimum Gasteiger partial charge on any atom is -0.459 e. The Morgan fingerprint density at radius 2 is 0.833 bits per heavy atom. The van der Waals surface area contributed by atoms with Crippen molar-refractivity contribution in [2.24, 2.45) is 0 Å². The van der Waals surface area contributed by atoms with Gasteiger partial charge in [-0.3, -0.25) is 0 Å². The standard InChI is InChI=1S/C30H34O6/c1-5-33-21(3)19-35-29(31)27-15-11-25(12-16-27)23-7-9-24(10-8-23)26-13-17-28(18-14-26)30(32)36-20-22(4)34-6-2/h7-18,21-22H,5-6,19-20H2,1-4H3. The molecule has 2 atom stereocenters. The highest BCUT2D eigenvalue weighted by atomic mass is 16.6. The first-order valence-corrected chi connectivity index (χ1v) is 12.3. The van der Waals surface area contributed by atoms with Gasteiger partial charge in [-0.15, -0.1) is 0 Å². The topological polar surface area (TPSA) is 71.1 Å². The average molecular weight is 491 g/mol. The summed E-state index contributed by atoms with van der Waals surface area (Å²) in [7, 11) is 0. The number of rotatable bonds is 12. The zero-order chi connectivity index (χ0) is 25.9. The first-order valence-electron chi connectivity index (χ1n) is 12.3. The Kier molecular flexibility index (Phi) is 10.2. The van der Waals surface area contributed by atoms with E-state index in [9.17, 15) is 9.59 Å². The molecule has 0 heterocycles. The molecule has 6 heteroatoms. The molecule has 3 aromatic rings. The van der Waals surface area contributed by atoms with Gasteiger partial charge in [0.15, 0.2) is 0 Å². The first kappa shape index (κ1) is 27.1. The largest absolute Gasteiger partial charge is 0.459 e. The van der Waals surface area contributed by atoms with E-state index in [-0.39, 0.29) is 37.4 Å². The predicted octanol–water partition coefficient (Wildman–Crippen LogP) is 6.18. The summed E-state index contributed by atoms with van der Waals surface area (Å²) in [6, 6.07) is 22.8. The van der Waals surface area contributed by atoms with Gasteiger partial charge in [-0.05, 0) is 74.2 Å². The summed E-state index contributed by atoms with van der Waals surface area (Å²) in [5, 5.41) is 0. The van der Waals surface area contributed by atoms with Gasteiger partial charge in [0, 0.05) is 13.2 Å². The molecule has 0 aliphatic heterocycles. The van der Waals surface area contributed by atoms with Crippen LogP contribution >= 0.6 is 0 Å². The summed E-state index contributed by atoms with van der Waals surface area (Å²) in [5.41, 5.74) is 5.08. The maximum absolute atomic E-state index is 12.2. The molecular weight excluding hydrogens is 456 g/mol. The third kappa shape index (κ3) is 7.77. The summed E-state index contributed by atoms with van der Waals surface area (Å²) in [4.78, 5) is 24.5. The smallest absolute Gasteiger partial charge is 0.338 e. The molecule has 0 aliphatic rings. The number of hydrogen-bond donors (Lipinski definition) is 0. The molecule has 36 heavy (non-hydrogen) atoms. The lowest BCUT2D eigenvalue weighted by molar-refractivity contribution is 0.00346. The van der Waals surface area contributed by atoms with E-state index < -0.39 is 0 Å². The van der Waals surface area contributed by atoms with Crippen LogP contribution < -0.4 is 0 Å². The van der Waals surface area contributed by atoms with Crippen LogP contribution in [0.3, 0.4) is 0 Å². The van der Waals surface area contributed by atoms with Gasteiger partial charge >= 0.3 is 11.9 Å². The number of carbonyl (C=O) groups excluding carboxylic acids is 2. The Morgan fingerprint density at radius 1 is 0.556 bits per heavy atom. The minimum atomic E-state index is -0.361. The molecule has 190 valence electrons. The van der Waals surface area contributed by atoms with E-state index in [4.69, 9.17) is 18.9 Å². The van der Waals surface area contributed by atoms with Crippen LogP contribution in [0.2, 0.25) is 0 Å². The van der Waals surface area contributed by atoms with E-state index in [0.29, 0.717) is 24.3 Å². The summed E-state index contributed by atoms with van der Waals surface area (Å²) >= 11 is 0. The van der Waals surface area contributed by atoms with Crippen molar-refractivity contribution in [3.8, 4) is 22.3 Å². The van der Waals surface area contributed by atoms with E-state index in [1.54, 1.807) is 24.3 Å². The number of esters is 2. The second kappa shape index (κ2) is 13.6. The van der Waals surface area contributed by atoms with Crippen molar-refractivity contribution in [1.29, 1.82) is 0 Å². The zero-order valence-corrected chi connectivity index (χ0v) is 21.4. The van der Waals surface area contributed by atoms with Crippen LogP contribution in [0.25, 0.3) is 22.3 Å². The Morgan fingerprint density at radius 3 is 1.11 bits per heavy atom. The van der Waals surface area contributed by atoms with Crippen LogP contribution in [0.1, 0.15) is 48.4 Å². The van der Waals surface area contributed by atoms with E-state index >= 15 is 0 Å². The molecule has 0 radical (unpaired) electrons. The zero-order valence-electron chi connectivity index (χ0n) is 21.4. The van der Waals surface area contributed by atoms with E-state index in [0.717, 1.165) is 22.3 Å². The lowest BCUT2D eigenvalue weighted by Gasteiger charge is -2.12. The summed E-state index contributed by atoms with van der Waals surface area (Å²) in [6.07, 6.45) is -0.257. The Hall–Kier alpha value is -3.48. The van der Waals surface area contributed by atoms with Gasteiger partial charge in [-0.2, -0.15) is 0 Å². The van der Waals surface area contributed by atoms with Crippen molar-refractivity contribution in [3.63, 3.8) is 0 Å². The third-order valence-electron chi connectivity index (χ3n) is 5.59. The van der Waals surface area contributed by atoms with Crippen molar-refractivity contribution in [2.75, 3.05) is 26.4 Å². The quantitative estimate of drug-likeness (QED) is 0.282. The Labute approximate surface area is 213 Å². The summed E-state index contributed by atoms with van der Waals surface area (Å²) in [6.45, 7) is 9.18. The normalized spacial score (nSPS) is 12.6. The van der Waals surface area contributed by atoms with Crippen LogP contribution in [0.5, 0.6) is 0 Å². The van der Waals surface area contributed by atoms with Crippen LogP contribution in [0.15, 0.2) is 72.8 Å². The van der Waals surface area contributed by atoms with Crippen molar-refractivity contribution in [2.45, 2.75) is 39.9 Å². The molecule has 2 unspecified atom stereocenters. The highest BCUT2D eigenvalue weighted by Gasteiger charge is 2.12. The fourth-order valence-electron chi connectivity index (χ4n) is 3.67. The molecule has 0 aromatic heterocycles. The molecular formula is C30H34O6. The van der Waals surface area contributed by atoms with Crippen molar-refractivity contribution < 1.29 is 28.5 Å². The first-order chi connectivity index (χ1) is 17.4. The SMILES string of the molecule is CCOC(C)COC(=O)c1ccc(-c2ccc(-c3ccc(C(=O)OCC(C)OCC)cc3)cc2)cc1. The highest BCUT2D eigenvalue weighted by Crippen LogP contribution is 2.26. The number of benzene rings is 3. The minimum absolute atomic E-state index is 0.128. The molecule has 0 fully saturated rings. The highest BCUT2D eigenvalue weighted by molar-refractivity contribution is 5.91. The van der Waals surface area contributed by atoms with Crippen molar-refractivity contribution >= 4 is 11.9 Å². The van der Waals surface area contributed by atoms with Gasteiger partial charge in [-0.25, -0.2) is 9.59 Å². The molecule has 0 N–H and O–H groups in total.